The van der Waals surface area contributed by atoms with Crippen molar-refractivity contribution in [1.82, 2.24) is 9.80 Å². The molecule has 2 unspecified atom stereocenters. The zero-order valence-corrected chi connectivity index (χ0v) is 14.9. The lowest BCUT2D eigenvalue weighted by Crippen LogP contribution is -2.57. The van der Waals surface area contributed by atoms with E-state index in [9.17, 15) is 4.79 Å². The summed E-state index contributed by atoms with van der Waals surface area (Å²) in [5.74, 6) is 0.966. The van der Waals surface area contributed by atoms with Crippen LogP contribution in [0.1, 0.15) is 32.8 Å². The standard InChI is InChI=1S/C19H31N3O/c1-5-17(20)19(23)21(4)18-14(2)11-22(12-15(18)3)13-16-9-7-6-8-10-16/h6-10,14-15,17-18H,5,11-13,20H2,1-4H3/t14?,15?,17-,18?/m0/s1. The molecule has 1 aromatic carbocycles. The van der Waals surface area contributed by atoms with Crippen LogP contribution < -0.4 is 5.73 Å². The number of amides is 1. The van der Waals surface area contributed by atoms with Crippen LogP contribution in [0, 0.1) is 11.8 Å². The van der Waals surface area contributed by atoms with Gasteiger partial charge in [0.2, 0.25) is 5.91 Å². The molecule has 0 saturated carbocycles. The third-order valence-electron chi connectivity index (χ3n) is 5.06. The largest absolute Gasteiger partial charge is 0.341 e. The number of hydrogen-bond acceptors (Lipinski definition) is 3. The number of nitrogens with two attached hydrogens (primary N) is 1. The van der Waals surface area contributed by atoms with Gasteiger partial charge in [-0.05, 0) is 23.8 Å². The normalized spacial score (nSPS) is 26.7. The molecule has 1 aromatic rings. The maximum atomic E-state index is 12.4. The monoisotopic (exact) mass is 317 g/mol. The second-order valence-electron chi connectivity index (χ2n) is 7.09. The van der Waals surface area contributed by atoms with Crippen LogP contribution >= 0.6 is 0 Å². The first-order valence-electron chi connectivity index (χ1n) is 8.72. The highest BCUT2D eigenvalue weighted by atomic mass is 16.2. The molecule has 0 aromatic heterocycles. The molecule has 1 fully saturated rings. The van der Waals surface area contributed by atoms with Crippen molar-refractivity contribution in [2.45, 2.75) is 45.8 Å². The van der Waals surface area contributed by atoms with E-state index < -0.39 is 0 Å². The molecule has 1 aliphatic rings. The van der Waals surface area contributed by atoms with Crippen LogP contribution in [0.5, 0.6) is 0 Å². The fourth-order valence-corrected chi connectivity index (χ4v) is 3.98. The van der Waals surface area contributed by atoms with Crippen LogP contribution in [0.2, 0.25) is 0 Å². The molecule has 0 bridgehead atoms. The molecule has 0 radical (unpaired) electrons. The Labute approximate surface area is 140 Å². The Morgan fingerprint density at radius 3 is 2.35 bits per heavy atom. The van der Waals surface area contributed by atoms with Crippen molar-refractivity contribution in [1.29, 1.82) is 0 Å². The Morgan fingerprint density at radius 2 is 1.83 bits per heavy atom. The number of carbonyl (C=O) groups excluding carboxylic acids is 1. The summed E-state index contributed by atoms with van der Waals surface area (Å²) in [6.45, 7) is 9.48. The topological polar surface area (TPSA) is 49.6 Å². The van der Waals surface area contributed by atoms with Crippen LogP contribution in [0.25, 0.3) is 0 Å². The maximum Gasteiger partial charge on any atom is 0.239 e. The summed E-state index contributed by atoms with van der Waals surface area (Å²) in [5.41, 5.74) is 7.29. The second kappa shape index (κ2) is 7.93. The predicted octanol–water partition coefficient (Wildman–Crippen LogP) is 2.34. The highest BCUT2D eigenvalue weighted by Gasteiger charge is 2.37. The number of benzene rings is 1. The van der Waals surface area contributed by atoms with Crippen molar-refractivity contribution in [2.24, 2.45) is 17.6 Å². The summed E-state index contributed by atoms with van der Waals surface area (Å²) in [5, 5.41) is 0. The Morgan fingerprint density at radius 1 is 1.26 bits per heavy atom. The van der Waals surface area contributed by atoms with Gasteiger partial charge >= 0.3 is 0 Å². The summed E-state index contributed by atoms with van der Waals surface area (Å²) in [7, 11) is 1.92. The van der Waals surface area contributed by atoms with Crippen LogP contribution in [0.4, 0.5) is 0 Å². The number of hydrogen-bond donors (Lipinski definition) is 1. The van der Waals surface area contributed by atoms with Crippen molar-refractivity contribution in [3.63, 3.8) is 0 Å². The van der Waals surface area contributed by atoms with Crippen molar-refractivity contribution in [3.05, 3.63) is 35.9 Å². The molecule has 0 spiro atoms. The Kier molecular flexibility index (Phi) is 6.19. The van der Waals surface area contributed by atoms with Crippen molar-refractivity contribution < 1.29 is 4.79 Å². The van der Waals surface area contributed by atoms with Gasteiger partial charge in [-0.25, -0.2) is 0 Å². The van der Waals surface area contributed by atoms with Crippen molar-refractivity contribution >= 4 is 5.91 Å². The van der Waals surface area contributed by atoms with Crippen LogP contribution in [0.3, 0.4) is 0 Å². The third-order valence-corrected chi connectivity index (χ3v) is 5.06. The number of rotatable bonds is 5. The Balaban J connectivity index is 2.00. The second-order valence-corrected chi connectivity index (χ2v) is 7.09. The SMILES string of the molecule is CC[C@H](N)C(=O)N(C)C1C(C)CN(Cc2ccccc2)CC1C. The number of likely N-dealkylation sites (tertiary alicyclic amines) is 1. The van der Waals surface area contributed by atoms with Gasteiger partial charge in [-0.2, -0.15) is 0 Å². The number of likely N-dealkylation sites (N-methyl/N-ethyl adjacent to an activating group) is 1. The lowest BCUT2D eigenvalue weighted by atomic mass is 9.84. The number of carbonyl (C=O) groups is 1. The molecule has 23 heavy (non-hydrogen) atoms. The van der Waals surface area contributed by atoms with Gasteiger partial charge in [-0.15, -0.1) is 0 Å². The number of piperidine rings is 1. The van der Waals surface area contributed by atoms with Crippen molar-refractivity contribution in [3.8, 4) is 0 Å². The highest BCUT2D eigenvalue weighted by Crippen LogP contribution is 2.27. The molecule has 2 N–H and O–H groups in total. The molecule has 128 valence electrons. The molecule has 1 amide bonds. The highest BCUT2D eigenvalue weighted by molar-refractivity contribution is 5.81. The molecule has 0 aliphatic carbocycles. The van der Waals surface area contributed by atoms with Crippen molar-refractivity contribution in [2.75, 3.05) is 20.1 Å². The van der Waals surface area contributed by atoms with E-state index >= 15 is 0 Å². The van der Waals surface area contributed by atoms with Gasteiger partial charge in [0, 0.05) is 32.7 Å². The average Bonchev–Trinajstić information content (AvgIpc) is 2.53. The van der Waals surface area contributed by atoms with Gasteiger partial charge < -0.3 is 10.6 Å². The minimum absolute atomic E-state index is 0.0766. The third kappa shape index (κ3) is 4.33. The van der Waals surface area contributed by atoms with Crippen LogP contribution in [-0.4, -0.2) is 47.9 Å². The summed E-state index contributed by atoms with van der Waals surface area (Å²) in [6, 6.07) is 10.5. The lowest BCUT2D eigenvalue weighted by molar-refractivity contribution is -0.137. The van der Waals surface area contributed by atoms with E-state index in [1.165, 1.54) is 5.56 Å². The molecule has 1 heterocycles. The predicted molar refractivity (Wildman–Crippen MR) is 94.9 cm³/mol. The van der Waals surface area contributed by atoms with Gasteiger partial charge in [0.25, 0.3) is 0 Å². The van der Waals surface area contributed by atoms with Gasteiger partial charge in [0.1, 0.15) is 0 Å². The first-order chi connectivity index (χ1) is 10.9. The Hall–Kier alpha value is -1.39. The van der Waals surface area contributed by atoms with E-state index in [2.05, 4.69) is 49.1 Å². The van der Waals surface area contributed by atoms with E-state index in [0.29, 0.717) is 18.3 Å². The zero-order valence-electron chi connectivity index (χ0n) is 14.9. The smallest absolute Gasteiger partial charge is 0.239 e. The van der Waals surface area contributed by atoms with Crippen LogP contribution in [-0.2, 0) is 11.3 Å². The number of nitrogens with zero attached hydrogens (tertiary/aromatic N) is 2. The summed E-state index contributed by atoms with van der Waals surface area (Å²) in [4.78, 5) is 16.8. The molecule has 1 aliphatic heterocycles. The maximum absolute atomic E-state index is 12.4. The molecule has 4 nitrogen and oxygen atoms in total. The molecule has 4 heteroatoms. The van der Waals surface area contributed by atoms with E-state index in [1.807, 2.05) is 18.9 Å². The minimum Gasteiger partial charge on any atom is -0.341 e. The van der Waals surface area contributed by atoms with E-state index in [-0.39, 0.29) is 18.0 Å². The van der Waals surface area contributed by atoms with E-state index in [0.717, 1.165) is 19.6 Å². The Bertz CT molecular complexity index is 493. The molecular formula is C19H31N3O. The summed E-state index contributed by atoms with van der Waals surface area (Å²) < 4.78 is 0. The summed E-state index contributed by atoms with van der Waals surface area (Å²) in [6.07, 6.45) is 0.693. The first-order valence-corrected chi connectivity index (χ1v) is 8.72. The van der Waals surface area contributed by atoms with Gasteiger partial charge in [-0.3, -0.25) is 9.69 Å². The van der Waals surface area contributed by atoms with Gasteiger partial charge in [0.15, 0.2) is 0 Å². The van der Waals surface area contributed by atoms with Gasteiger partial charge in [-0.1, -0.05) is 51.1 Å². The fourth-order valence-electron chi connectivity index (χ4n) is 3.98. The lowest BCUT2D eigenvalue weighted by Gasteiger charge is -2.46. The van der Waals surface area contributed by atoms with E-state index in [4.69, 9.17) is 5.73 Å². The molecule has 1 saturated heterocycles. The molecule has 3 atom stereocenters. The zero-order chi connectivity index (χ0) is 17.0. The average molecular weight is 317 g/mol. The first kappa shape index (κ1) is 18.0. The summed E-state index contributed by atoms with van der Waals surface area (Å²) >= 11 is 0. The molecule has 2 rings (SSSR count). The molecular weight excluding hydrogens is 286 g/mol. The van der Waals surface area contributed by atoms with Crippen LogP contribution in [0.15, 0.2) is 30.3 Å². The van der Waals surface area contributed by atoms with E-state index in [1.54, 1.807) is 0 Å². The van der Waals surface area contributed by atoms with Gasteiger partial charge in [0.05, 0.1) is 6.04 Å². The fraction of sp³-hybridized carbons (Fsp3) is 0.632. The quantitative estimate of drug-likeness (QED) is 0.907. The minimum atomic E-state index is -0.373.